The van der Waals surface area contributed by atoms with Crippen LogP contribution in [0.15, 0.2) is 22.8 Å². The Balaban J connectivity index is 1.69. The van der Waals surface area contributed by atoms with E-state index in [1.165, 1.54) is 12.8 Å². The van der Waals surface area contributed by atoms with Crippen molar-refractivity contribution in [2.75, 3.05) is 19.8 Å². The highest BCUT2D eigenvalue weighted by atomic mass is 79.9. The van der Waals surface area contributed by atoms with Gasteiger partial charge in [0.15, 0.2) is 0 Å². The number of hydrogen-bond acceptors (Lipinski definition) is 3. The van der Waals surface area contributed by atoms with Gasteiger partial charge in [0.2, 0.25) is 0 Å². The summed E-state index contributed by atoms with van der Waals surface area (Å²) in [4.78, 5) is 4.32. The Labute approximate surface area is 105 Å². The molecule has 1 aliphatic heterocycles. The van der Waals surface area contributed by atoms with Gasteiger partial charge in [0.05, 0.1) is 12.3 Å². The average Bonchev–Trinajstić information content (AvgIpc) is 2.33. The molecule has 0 radical (unpaired) electrons. The second-order valence-corrected chi connectivity index (χ2v) is 5.10. The summed E-state index contributed by atoms with van der Waals surface area (Å²) in [6.45, 7) is 3.70. The van der Waals surface area contributed by atoms with Crippen molar-refractivity contribution >= 4 is 15.9 Å². The molecule has 2 heterocycles. The van der Waals surface area contributed by atoms with Crippen molar-refractivity contribution < 1.29 is 4.74 Å². The number of pyridine rings is 1. The molecule has 1 aromatic heterocycles. The third kappa shape index (κ3) is 3.85. The molecule has 1 fully saturated rings. The fraction of sp³-hybridized carbons (Fsp3) is 0.583. The van der Waals surface area contributed by atoms with E-state index in [4.69, 9.17) is 4.74 Å². The average molecular weight is 285 g/mol. The quantitative estimate of drug-likeness (QED) is 0.922. The molecule has 1 atom stereocenters. The maximum atomic E-state index is 5.44. The lowest BCUT2D eigenvalue weighted by molar-refractivity contribution is 0.0547. The van der Waals surface area contributed by atoms with Crippen LogP contribution in [-0.2, 0) is 11.3 Å². The van der Waals surface area contributed by atoms with E-state index in [-0.39, 0.29) is 0 Å². The molecule has 2 rings (SSSR count). The van der Waals surface area contributed by atoms with Crippen LogP contribution in [0.5, 0.6) is 0 Å². The van der Waals surface area contributed by atoms with Crippen molar-refractivity contribution in [3.05, 3.63) is 28.5 Å². The summed E-state index contributed by atoms with van der Waals surface area (Å²) in [7, 11) is 0. The van der Waals surface area contributed by atoms with Crippen molar-refractivity contribution in [3.8, 4) is 0 Å². The Kier molecular flexibility index (Phi) is 4.75. The number of nitrogens with one attached hydrogen (secondary N) is 1. The second-order valence-electron chi connectivity index (χ2n) is 4.18. The molecular formula is C12H17BrN2O. The summed E-state index contributed by atoms with van der Waals surface area (Å²) >= 11 is 3.38. The Morgan fingerprint density at radius 3 is 3.12 bits per heavy atom. The third-order valence-corrected chi connectivity index (χ3v) is 3.25. The lowest BCUT2D eigenvalue weighted by Gasteiger charge is -2.22. The first-order valence-corrected chi connectivity index (χ1v) is 6.53. The van der Waals surface area contributed by atoms with Gasteiger partial charge in [-0.05, 0) is 46.8 Å². The Bertz CT molecular complexity index is 309. The number of rotatable bonds is 4. The zero-order valence-corrected chi connectivity index (χ0v) is 10.9. The molecule has 0 amide bonds. The molecular weight excluding hydrogens is 268 g/mol. The first kappa shape index (κ1) is 12.0. The van der Waals surface area contributed by atoms with Crippen LogP contribution in [-0.4, -0.2) is 24.7 Å². The first-order chi connectivity index (χ1) is 7.84. The van der Waals surface area contributed by atoms with Crippen LogP contribution in [0, 0.1) is 5.92 Å². The molecule has 1 N–H and O–H groups in total. The zero-order valence-electron chi connectivity index (χ0n) is 9.29. The molecule has 4 heteroatoms. The van der Waals surface area contributed by atoms with Crippen molar-refractivity contribution in [1.29, 1.82) is 0 Å². The van der Waals surface area contributed by atoms with Crippen LogP contribution >= 0.6 is 15.9 Å². The Hall–Kier alpha value is -0.450. The van der Waals surface area contributed by atoms with Gasteiger partial charge in [0.25, 0.3) is 0 Å². The minimum Gasteiger partial charge on any atom is -0.381 e. The van der Waals surface area contributed by atoms with Crippen molar-refractivity contribution in [2.24, 2.45) is 5.92 Å². The van der Waals surface area contributed by atoms with Gasteiger partial charge in [0, 0.05) is 30.4 Å². The van der Waals surface area contributed by atoms with E-state index in [1.807, 2.05) is 18.3 Å². The monoisotopic (exact) mass is 284 g/mol. The highest BCUT2D eigenvalue weighted by molar-refractivity contribution is 9.10. The standard InChI is InChI=1S/C12H17BrN2O/c13-11-3-4-12(15-7-11)8-14-6-10-2-1-5-16-9-10/h3-4,7,10,14H,1-2,5-6,8-9H2. The van der Waals surface area contributed by atoms with Crippen LogP contribution in [0.1, 0.15) is 18.5 Å². The van der Waals surface area contributed by atoms with E-state index in [0.29, 0.717) is 5.92 Å². The normalized spacial score (nSPS) is 20.9. The van der Waals surface area contributed by atoms with E-state index >= 15 is 0 Å². The maximum Gasteiger partial charge on any atom is 0.0542 e. The van der Waals surface area contributed by atoms with Crippen LogP contribution in [0.2, 0.25) is 0 Å². The first-order valence-electron chi connectivity index (χ1n) is 5.73. The fourth-order valence-electron chi connectivity index (χ4n) is 1.88. The van der Waals surface area contributed by atoms with E-state index < -0.39 is 0 Å². The summed E-state index contributed by atoms with van der Waals surface area (Å²) in [6, 6.07) is 4.06. The van der Waals surface area contributed by atoms with Gasteiger partial charge < -0.3 is 10.1 Å². The summed E-state index contributed by atoms with van der Waals surface area (Å²) in [5, 5.41) is 3.43. The van der Waals surface area contributed by atoms with Gasteiger partial charge in [-0.2, -0.15) is 0 Å². The molecule has 1 aromatic rings. The smallest absolute Gasteiger partial charge is 0.0542 e. The molecule has 16 heavy (non-hydrogen) atoms. The van der Waals surface area contributed by atoms with E-state index in [0.717, 1.165) is 36.5 Å². The van der Waals surface area contributed by atoms with Crippen LogP contribution in [0.3, 0.4) is 0 Å². The van der Waals surface area contributed by atoms with E-state index in [1.54, 1.807) is 0 Å². The molecule has 1 aliphatic rings. The predicted molar refractivity (Wildman–Crippen MR) is 67.2 cm³/mol. The zero-order chi connectivity index (χ0) is 11.2. The minimum absolute atomic E-state index is 0.671. The van der Waals surface area contributed by atoms with Gasteiger partial charge in [0.1, 0.15) is 0 Å². The maximum absolute atomic E-state index is 5.44. The van der Waals surface area contributed by atoms with Gasteiger partial charge in [-0.15, -0.1) is 0 Å². The van der Waals surface area contributed by atoms with Crippen LogP contribution in [0.25, 0.3) is 0 Å². The topological polar surface area (TPSA) is 34.1 Å². The SMILES string of the molecule is Brc1ccc(CNCC2CCCOC2)nc1. The Morgan fingerprint density at radius 1 is 1.50 bits per heavy atom. The molecule has 0 saturated carbocycles. The number of nitrogens with zero attached hydrogens (tertiary/aromatic N) is 1. The number of halogens is 1. The highest BCUT2D eigenvalue weighted by Gasteiger charge is 2.12. The van der Waals surface area contributed by atoms with Crippen LogP contribution < -0.4 is 5.32 Å². The molecule has 1 saturated heterocycles. The van der Waals surface area contributed by atoms with Gasteiger partial charge in [-0.3, -0.25) is 4.98 Å². The molecule has 1 unspecified atom stereocenters. The summed E-state index contributed by atoms with van der Waals surface area (Å²) < 4.78 is 6.46. The van der Waals surface area contributed by atoms with Crippen molar-refractivity contribution in [3.63, 3.8) is 0 Å². The Morgan fingerprint density at radius 2 is 2.44 bits per heavy atom. The van der Waals surface area contributed by atoms with Crippen molar-refractivity contribution in [2.45, 2.75) is 19.4 Å². The summed E-state index contributed by atoms with van der Waals surface area (Å²) in [5.74, 6) is 0.671. The lowest BCUT2D eigenvalue weighted by Crippen LogP contribution is -2.29. The highest BCUT2D eigenvalue weighted by Crippen LogP contribution is 2.12. The summed E-state index contributed by atoms with van der Waals surface area (Å²) in [6.07, 6.45) is 4.31. The third-order valence-electron chi connectivity index (χ3n) is 2.78. The van der Waals surface area contributed by atoms with E-state index in [2.05, 4.69) is 26.2 Å². The number of aromatic nitrogens is 1. The molecule has 88 valence electrons. The largest absolute Gasteiger partial charge is 0.381 e. The summed E-state index contributed by atoms with van der Waals surface area (Å²) in [5.41, 5.74) is 1.08. The fourth-order valence-corrected chi connectivity index (χ4v) is 2.12. The molecule has 0 aromatic carbocycles. The second kappa shape index (κ2) is 6.33. The number of ether oxygens (including phenoxy) is 1. The minimum atomic E-state index is 0.671. The van der Waals surface area contributed by atoms with Crippen LogP contribution in [0.4, 0.5) is 0 Å². The number of hydrogen-bond donors (Lipinski definition) is 1. The van der Waals surface area contributed by atoms with Gasteiger partial charge >= 0.3 is 0 Å². The molecule has 0 bridgehead atoms. The van der Waals surface area contributed by atoms with Crippen molar-refractivity contribution in [1.82, 2.24) is 10.3 Å². The molecule has 3 nitrogen and oxygen atoms in total. The predicted octanol–water partition coefficient (Wildman–Crippen LogP) is 2.36. The molecule has 0 spiro atoms. The lowest BCUT2D eigenvalue weighted by atomic mass is 10.0. The molecule has 0 aliphatic carbocycles. The van der Waals surface area contributed by atoms with Gasteiger partial charge in [-0.1, -0.05) is 0 Å². The van der Waals surface area contributed by atoms with E-state index in [9.17, 15) is 0 Å². The van der Waals surface area contributed by atoms with Gasteiger partial charge in [-0.25, -0.2) is 0 Å².